The van der Waals surface area contributed by atoms with Crippen LogP contribution in [0.2, 0.25) is 0 Å². The third-order valence-electron chi connectivity index (χ3n) is 12.8. The van der Waals surface area contributed by atoms with E-state index >= 15 is 0 Å². The van der Waals surface area contributed by atoms with E-state index in [9.17, 15) is 4.79 Å². The highest BCUT2D eigenvalue weighted by Gasteiger charge is 2.59. The van der Waals surface area contributed by atoms with Gasteiger partial charge in [0.05, 0.1) is 11.9 Å². The van der Waals surface area contributed by atoms with Crippen LogP contribution in [0.5, 0.6) is 11.5 Å². The molecule has 3 saturated carbocycles. The topological polar surface area (TPSA) is 117 Å². The Bertz CT molecular complexity index is 1580. The maximum absolute atomic E-state index is 14.7. The molecule has 6 N–H and O–H groups in total. The zero-order chi connectivity index (χ0) is 33.8. The summed E-state index contributed by atoms with van der Waals surface area (Å²) in [6.45, 7) is 0.657. The van der Waals surface area contributed by atoms with E-state index in [1.807, 2.05) is 30.3 Å². The number of amides is 1. The molecule has 7 nitrogen and oxygen atoms in total. The fourth-order valence-corrected chi connectivity index (χ4v) is 10.2. The smallest absolute Gasteiger partial charge is 0.237 e. The second-order valence-corrected chi connectivity index (χ2v) is 15.8. The van der Waals surface area contributed by atoms with Crippen LogP contribution in [0.4, 0.5) is 0 Å². The van der Waals surface area contributed by atoms with Crippen LogP contribution in [0.3, 0.4) is 0 Å². The maximum Gasteiger partial charge on any atom is 0.237 e. The number of fused-ring (bicyclic) bond motifs is 2. The Balaban J connectivity index is 1.28. The minimum atomic E-state index is -0.226. The van der Waals surface area contributed by atoms with Gasteiger partial charge in [-0.2, -0.15) is 0 Å². The first-order valence-electron chi connectivity index (χ1n) is 19.3. The zero-order valence-corrected chi connectivity index (χ0v) is 29.3. The summed E-state index contributed by atoms with van der Waals surface area (Å²) < 4.78 is 6.43. The largest absolute Gasteiger partial charge is 0.457 e. The van der Waals surface area contributed by atoms with Crippen LogP contribution in [0.15, 0.2) is 66.7 Å². The Labute approximate surface area is 293 Å². The first kappa shape index (κ1) is 34.0. The molecule has 262 valence electrons. The fraction of sp³-hybridized carbons (Fsp3) is 0.571. The van der Waals surface area contributed by atoms with E-state index in [0.717, 1.165) is 68.3 Å². The number of rotatable bonds is 8. The number of likely N-dealkylation sites (tertiary alicyclic amines) is 1. The van der Waals surface area contributed by atoms with Gasteiger partial charge in [-0.15, -0.1) is 0 Å². The summed E-state index contributed by atoms with van der Waals surface area (Å²) in [6.07, 6.45) is 17.9. The summed E-state index contributed by atoms with van der Waals surface area (Å²) in [5.74, 6) is 2.75. The molecule has 7 rings (SSSR count). The molecule has 0 aromatic heterocycles. The van der Waals surface area contributed by atoms with Gasteiger partial charge in [0.2, 0.25) is 5.91 Å². The summed E-state index contributed by atoms with van der Waals surface area (Å²) in [5, 5.41) is 14.4. The molecule has 0 bridgehead atoms. The Morgan fingerprint density at radius 3 is 2.29 bits per heavy atom. The predicted octanol–water partition coefficient (Wildman–Crippen LogP) is 8.43. The molecule has 4 unspecified atom stereocenters. The van der Waals surface area contributed by atoms with Crippen LogP contribution in [-0.4, -0.2) is 40.8 Å². The van der Waals surface area contributed by atoms with Gasteiger partial charge < -0.3 is 21.5 Å². The lowest BCUT2D eigenvalue weighted by Crippen LogP contribution is -2.52. The van der Waals surface area contributed by atoms with E-state index in [1.54, 1.807) is 0 Å². The Morgan fingerprint density at radius 2 is 1.55 bits per heavy atom. The number of hydrogen-bond donors (Lipinski definition) is 4. The van der Waals surface area contributed by atoms with Crippen molar-refractivity contribution in [3.63, 3.8) is 0 Å². The fourth-order valence-electron chi connectivity index (χ4n) is 10.2. The van der Waals surface area contributed by atoms with E-state index in [-0.39, 0.29) is 41.4 Å². The summed E-state index contributed by atoms with van der Waals surface area (Å²) in [5.41, 5.74) is 13.8. The highest BCUT2D eigenvalue weighted by Crippen LogP contribution is 2.58. The maximum atomic E-state index is 14.7. The molecular formula is C42H57N5O2. The minimum Gasteiger partial charge on any atom is -0.457 e. The van der Waals surface area contributed by atoms with Crippen molar-refractivity contribution in [3.05, 3.63) is 72.3 Å². The molecule has 3 aliphatic carbocycles. The van der Waals surface area contributed by atoms with Crippen LogP contribution >= 0.6 is 0 Å². The van der Waals surface area contributed by atoms with Crippen molar-refractivity contribution >= 4 is 22.5 Å². The Morgan fingerprint density at radius 1 is 0.857 bits per heavy atom. The van der Waals surface area contributed by atoms with Crippen molar-refractivity contribution in [2.24, 2.45) is 28.7 Å². The zero-order valence-electron chi connectivity index (χ0n) is 29.3. The molecule has 1 heterocycles. The standard InChI is InChI=1S/C42H57N5O2/c43-33-18-20-34(21-19-33)46-41(48)38-27-42(32-13-6-3-1-2-4-7-14-32)23-22-30(40(44)45)26-39(42)47(38)28-31-25-36(49-35-15-8-5-9-16-35)24-29-12-10-11-17-37(29)31/h5,8-12,15-17,24-25,30,32-34,38-39H,1-4,6-7,13-14,18-23,26-28,43H2,(H3,44,45)(H,46,48). The molecule has 1 amide bonds. The molecule has 4 fully saturated rings. The van der Waals surface area contributed by atoms with E-state index in [4.69, 9.17) is 21.6 Å². The molecule has 0 spiro atoms. The average molecular weight is 664 g/mol. The Hall–Kier alpha value is -3.42. The van der Waals surface area contributed by atoms with Gasteiger partial charge in [0.1, 0.15) is 11.5 Å². The van der Waals surface area contributed by atoms with Crippen molar-refractivity contribution in [2.75, 3.05) is 0 Å². The quantitative estimate of drug-likeness (QED) is 0.143. The number of hydrogen-bond acceptors (Lipinski definition) is 5. The summed E-state index contributed by atoms with van der Waals surface area (Å²) in [6, 6.07) is 23.2. The number of nitrogens with zero attached hydrogens (tertiary/aromatic N) is 1. The normalized spacial score (nSPS) is 30.1. The van der Waals surface area contributed by atoms with Gasteiger partial charge in [0, 0.05) is 30.6 Å². The van der Waals surface area contributed by atoms with Gasteiger partial charge in [-0.3, -0.25) is 15.1 Å². The number of carbonyl (C=O) groups excluding carboxylic acids is 1. The van der Waals surface area contributed by atoms with Gasteiger partial charge in [-0.1, -0.05) is 81.0 Å². The van der Waals surface area contributed by atoms with E-state index in [1.165, 1.54) is 62.3 Å². The highest BCUT2D eigenvalue weighted by molar-refractivity contribution is 5.88. The molecule has 1 aliphatic heterocycles. The third kappa shape index (κ3) is 7.53. The molecule has 4 atom stereocenters. The SMILES string of the molecule is N=C(N)C1CCC2(C3CCCCCCCC3)CC(C(=O)NC3CCC(N)CC3)N(Cc3cc(Oc4ccccc4)cc4ccccc34)C2C1. The van der Waals surface area contributed by atoms with Gasteiger partial charge in [0.25, 0.3) is 0 Å². The number of amidine groups is 1. The van der Waals surface area contributed by atoms with Crippen molar-refractivity contribution < 1.29 is 9.53 Å². The van der Waals surface area contributed by atoms with Gasteiger partial charge in [-0.05, 0) is 116 Å². The lowest BCUT2D eigenvalue weighted by atomic mass is 9.58. The van der Waals surface area contributed by atoms with E-state index in [0.29, 0.717) is 18.3 Å². The van der Waals surface area contributed by atoms with Crippen molar-refractivity contribution in [1.82, 2.24) is 10.2 Å². The predicted molar refractivity (Wildman–Crippen MR) is 199 cm³/mol. The number of ether oxygens (including phenoxy) is 1. The van der Waals surface area contributed by atoms with Gasteiger partial charge in [-0.25, -0.2) is 0 Å². The van der Waals surface area contributed by atoms with Crippen LogP contribution in [-0.2, 0) is 11.3 Å². The summed E-state index contributed by atoms with van der Waals surface area (Å²) in [7, 11) is 0. The lowest BCUT2D eigenvalue weighted by Gasteiger charge is -2.49. The average Bonchev–Trinajstić information content (AvgIpc) is 3.51. The van der Waals surface area contributed by atoms with E-state index < -0.39 is 0 Å². The Kier molecular flexibility index (Phi) is 10.6. The highest BCUT2D eigenvalue weighted by atomic mass is 16.5. The molecule has 1 saturated heterocycles. The lowest BCUT2D eigenvalue weighted by molar-refractivity contribution is -0.127. The molecule has 4 aliphatic rings. The summed E-state index contributed by atoms with van der Waals surface area (Å²) in [4.78, 5) is 17.2. The van der Waals surface area contributed by atoms with Crippen LogP contribution in [0, 0.1) is 22.7 Å². The molecular weight excluding hydrogens is 606 g/mol. The molecule has 49 heavy (non-hydrogen) atoms. The third-order valence-corrected chi connectivity index (χ3v) is 12.8. The number of nitrogens with two attached hydrogens (primary N) is 2. The van der Waals surface area contributed by atoms with Crippen LogP contribution < -0.4 is 21.5 Å². The monoisotopic (exact) mass is 663 g/mol. The molecule has 3 aromatic rings. The molecule has 7 heteroatoms. The molecule has 0 radical (unpaired) electrons. The first-order chi connectivity index (χ1) is 23.9. The van der Waals surface area contributed by atoms with E-state index in [2.05, 4.69) is 46.6 Å². The van der Waals surface area contributed by atoms with Gasteiger partial charge in [0.15, 0.2) is 0 Å². The van der Waals surface area contributed by atoms with Crippen molar-refractivity contribution in [3.8, 4) is 11.5 Å². The first-order valence-corrected chi connectivity index (χ1v) is 19.3. The van der Waals surface area contributed by atoms with Crippen LogP contribution in [0.1, 0.15) is 108 Å². The van der Waals surface area contributed by atoms with Crippen molar-refractivity contribution in [2.45, 2.75) is 133 Å². The summed E-state index contributed by atoms with van der Waals surface area (Å²) >= 11 is 0. The number of nitrogens with one attached hydrogen (secondary N) is 2. The minimum absolute atomic E-state index is 0.0428. The molecule has 3 aromatic carbocycles. The number of benzene rings is 3. The number of para-hydroxylation sites is 1. The van der Waals surface area contributed by atoms with Crippen molar-refractivity contribution in [1.29, 1.82) is 5.41 Å². The number of carbonyl (C=O) groups is 1. The van der Waals surface area contributed by atoms with Crippen LogP contribution in [0.25, 0.3) is 10.8 Å². The second kappa shape index (κ2) is 15.2. The van der Waals surface area contributed by atoms with Gasteiger partial charge >= 0.3 is 0 Å². The second-order valence-electron chi connectivity index (χ2n) is 15.8.